The number of nitrogens with zero attached hydrogens (tertiary/aromatic N) is 3. The number of benzene rings is 2. The first-order valence-electron chi connectivity index (χ1n) is 8.84. The molecular weight excluding hydrogens is 371 g/mol. The van der Waals surface area contributed by atoms with Crippen LogP contribution in [0.5, 0.6) is 0 Å². The number of rotatable bonds is 7. The second kappa shape index (κ2) is 8.80. The number of halogens is 1. The monoisotopic (exact) mass is 390 g/mol. The first kappa shape index (κ1) is 19.8. The summed E-state index contributed by atoms with van der Waals surface area (Å²) in [6.07, 6.45) is 3.48. The number of carbonyl (C=O) groups is 1. The molecule has 2 aromatic carbocycles. The summed E-state index contributed by atoms with van der Waals surface area (Å²) in [5, 5.41) is 22.9. The standard InChI is InChI=1S/C21H19FN6O/c22-19-9-16(5-6-18(19)20(24)25)10-26-21(29)17-11-27-28(13-17)12-15-3-1-14(2-4-15)7-8-23/h1-6,9,11,13H,7,10,12H2,(H3,24,25)(H,26,29). The SMILES string of the molecule is N#CCc1ccc(Cn2cc(C(=O)NCc3ccc(C(=N)N)c(F)c3)cn2)cc1. The van der Waals surface area contributed by atoms with Gasteiger partial charge in [0.2, 0.25) is 0 Å². The zero-order valence-electron chi connectivity index (χ0n) is 15.5. The fourth-order valence-corrected chi connectivity index (χ4v) is 2.78. The van der Waals surface area contributed by atoms with Crippen LogP contribution in [0.25, 0.3) is 0 Å². The maximum absolute atomic E-state index is 13.9. The van der Waals surface area contributed by atoms with Crippen molar-refractivity contribution in [2.24, 2.45) is 5.73 Å². The number of aromatic nitrogens is 2. The van der Waals surface area contributed by atoms with Crippen LogP contribution in [0, 0.1) is 22.6 Å². The lowest BCUT2D eigenvalue weighted by atomic mass is 10.1. The fourth-order valence-electron chi connectivity index (χ4n) is 2.78. The Morgan fingerprint density at radius 3 is 2.55 bits per heavy atom. The summed E-state index contributed by atoms with van der Waals surface area (Å²) >= 11 is 0. The molecule has 0 saturated carbocycles. The van der Waals surface area contributed by atoms with Gasteiger partial charge in [0, 0.05) is 12.7 Å². The van der Waals surface area contributed by atoms with Gasteiger partial charge >= 0.3 is 0 Å². The van der Waals surface area contributed by atoms with Crippen molar-refractivity contribution in [3.8, 4) is 6.07 Å². The minimum Gasteiger partial charge on any atom is -0.384 e. The highest BCUT2D eigenvalue weighted by Gasteiger charge is 2.10. The van der Waals surface area contributed by atoms with Gasteiger partial charge in [-0.05, 0) is 28.8 Å². The maximum atomic E-state index is 13.9. The zero-order chi connectivity index (χ0) is 20.8. The molecule has 0 saturated heterocycles. The Morgan fingerprint density at radius 2 is 1.90 bits per heavy atom. The largest absolute Gasteiger partial charge is 0.384 e. The first-order chi connectivity index (χ1) is 14.0. The van der Waals surface area contributed by atoms with Gasteiger partial charge in [0.15, 0.2) is 0 Å². The third-order valence-corrected chi connectivity index (χ3v) is 4.32. The normalized spacial score (nSPS) is 10.3. The van der Waals surface area contributed by atoms with Gasteiger partial charge in [0.1, 0.15) is 11.7 Å². The van der Waals surface area contributed by atoms with Crippen molar-refractivity contribution in [2.45, 2.75) is 19.5 Å². The van der Waals surface area contributed by atoms with E-state index in [0.29, 0.717) is 24.1 Å². The van der Waals surface area contributed by atoms with E-state index in [1.165, 1.54) is 18.3 Å². The molecule has 3 aromatic rings. The molecule has 0 atom stereocenters. The number of amidine groups is 1. The second-order valence-corrected chi connectivity index (χ2v) is 6.49. The number of hydrogen-bond donors (Lipinski definition) is 3. The number of nitriles is 1. The molecule has 0 spiro atoms. The molecule has 146 valence electrons. The van der Waals surface area contributed by atoms with Crippen LogP contribution >= 0.6 is 0 Å². The summed E-state index contributed by atoms with van der Waals surface area (Å²) in [4.78, 5) is 12.3. The summed E-state index contributed by atoms with van der Waals surface area (Å²) in [7, 11) is 0. The van der Waals surface area contributed by atoms with Gasteiger partial charge in [-0.25, -0.2) is 4.39 Å². The smallest absolute Gasteiger partial charge is 0.254 e. The van der Waals surface area contributed by atoms with E-state index in [4.69, 9.17) is 16.4 Å². The third kappa shape index (κ3) is 5.05. The minimum absolute atomic E-state index is 0.0296. The van der Waals surface area contributed by atoms with Gasteiger partial charge < -0.3 is 11.1 Å². The lowest BCUT2D eigenvalue weighted by molar-refractivity contribution is 0.0950. The van der Waals surface area contributed by atoms with Gasteiger partial charge in [-0.3, -0.25) is 14.9 Å². The Kier molecular flexibility index (Phi) is 6.00. The topological polar surface area (TPSA) is 121 Å². The van der Waals surface area contributed by atoms with E-state index >= 15 is 0 Å². The first-order valence-corrected chi connectivity index (χ1v) is 8.84. The average Bonchev–Trinajstić information content (AvgIpc) is 3.16. The van der Waals surface area contributed by atoms with Gasteiger partial charge in [-0.2, -0.15) is 10.4 Å². The molecule has 0 aliphatic rings. The molecule has 8 heteroatoms. The molecule has 1 aromatic heterocycles. The van der Waals surface area contributed by atoms with E-state index in [9.17, 15) is 9.18 Å². The molecule has 0 aliphatic heterocycles. The van der Waals surface area contributed by atoms with Crippen molar-refractivity contribution >= 4 is 11.7 Å². The molecule has 0 aliphatic carbocycles. The highest BCUT2D eigenvalue weighted by molar-refractivity contribution is 5.95. The van der Waals surface area contributed by atoms with E-state index in [0.717, 1.165) is 11.1 Å². The molecule has 0 fully saturated rings. The molecule has 3 rings (SSSR count). The van der Waals surface area contributed by atoms with Crippen LogP contribution in [-0.4, -0.2) is 21.5 Å². The third-order valence-electron chi connectivity index (χ3n) is 4.32. The molecule has 7 nitrogen and oxygen atoms in total. The Labute approximate surface area is 167 Å². The van der Waals surface area contributed by atoms with Gasteiger partial charge in [0.25, 0.3) is 5.91 Å². The van der Waals surface area contributed by atoms with E-state index in [1.54, 1.807) is 16.9 Å². The Bertz CT molecular complexity index is 1080. The molecule has 29 heavy (non-hydrogen) atoms. The lowest BCUT2D eigenvalue weighted by Crippen LogP contribution is -2.22. The van der Waals surface area contributed by atoms with E-state index < -0.39 is 5.82 Å². The van der Waals surface area contributed by atoms with Crippen molar-refractivity contribution in [3.63, 3.8) is 0 Å². The maximum Gasteiger partial charge on any atom is 0.254 e. The number of carbonyl (C=O) groups excluding carboxylic acids is 1. The molecule has 4 N–H and O–H groups in total. The Morgan fingerprint density at radius 1 is 1.21 bits per heavy atom. The quantitative estimate of drug-likeness (QED) is 0.423. The van der Waals surface area contributed by atoms with Gasteiger partial charge in [-0.15, -0.1) is 0 Å². The second-order valence-electron chi connectivity index (χ2n) is 6.49. The summed E-state index contributed by atoms with van der Waals surface area (Å²) in [6, 6.07) is 14.0. The zero-order valence-corrected chi connectivity index (χ0v) is 15.5. The number of amides is 1. The van der Waals surface area contributed by atoms with Crippen LogP contribution in [0.15, 0.2) is 54.9 Å². The van der Waals surface area contributed by atoms with Crippen molar-refractivity contribution in [1.82, 2.24) is 15.1 Å². The molecule has 0 bridgehead atoms. The summed E-state index contributed by atoms with van der Waals surface area (Å²) in [6.45, 7) is 0.636. The van der Waals surface area contributed by atoms with Crippen molar-refractivity contribution < 1.29 is 9.18 Å². The van der Waals surface area contributed by atoms with Crippen LogP contribution in [0.2, 0.25) is 0 Å². The molecular formula is C21H19FN6O. The number of hydrogen-bond acceptors (Lipinski definition) is 4. The molecule has 1 heterocycles. The van der Waals surface area contributed by atoms with Crippen LogP contribution in [0.4, 0.5) is 4.39 Å². The van der Waals surface area contributed by atoms with E-state index in [-0.39, 0.29) is 23.9 Å². The molecule has 0 radical (unpaired) electrons. The van der Waals surface area contributed by atoms with Crippen molar-refractivity contribution in [2.75, 3.05) is 0 Å². The van der Waals surface area contributed by atoms with Gasteiger partial charge in [0.05, 0.1) is 36.4 Å². The van der Waals surface area contributed by atoms with Crippen molar-refractivity contribution in [3.05, 3.63) is 88.5 Å². The van der Waals surface area contributed by atoms with Crippen LogP contribution in [0.1, 0.15) is 32.6 Å². The van der Waals surface area contributed by atoms with Crippen LogP contribution < -0.4 is 11.1 Å². The number of nitrogen functional groups attached to an aromatic ring is 1. The highest BCUT2D eigenvalue weighted by atomic mass is 19.1. The van der Waals surface area contributed by atoms with Gasteiger partial charge in [-0.1, -0.05) is 30.3 Å². The highest BCUT2D eigenvalue weighted by Crippen LogP contribution is 2.11. The molecule has 0 unspecified atom stereocenters. The Balaban J connectivity index is 1.58. The number of nitrogens with one attached hydrogen (secondary N) is 2. The summed E-state index contributed by atoms with van der Waals surface area (Å²) in [5.74, 6) is -1.26. The number of nitrogens with two attached hydrogens (primary N) is 1. The fraction of sp³-hybridized carbons (Fsp3) is 0.143. The predicted molar refractivity (Wildman–Crippen MR) is 106 cm³/mol. The minimum atomic E-state index is -0.599. The van der Waals surface area contributed by atoms with E-state index in [2.05, 4.69) is 16.5 Å². The van der Waals surface area contributed by atoms with Crippen LogP contribution in [-0.2, 0) is 19.5 Å². The van der Waals surface area contributed by atoms with Crippen LogP contribution in [0.3, 0.4) is 0 Å². The predicted octanol–water partition coefficient (Wildman–Crippen LogP) is 2.35. The van der Waals surface area contributed by atoms with E-state index in [1.807, 2.05) is 24.3 Å². The summed E-state index contributed by atoms with van der Waals surface area (Å²) < 4.78 is 15.5. The van der Waals surface area contributed by atoms with Crippen molar-refractivity contribution in [1.29, 1.82) is 10.7 Å². The average molecular weight is 390 g/mol. The summed E-state index contributed by atoms with van der Waals surface area (Å²) in [5.41, 5.74) is 8.23. The Hall–Kier alpha value is -3.99. The molecule has 1 amide bonds. The lowest BCUT2D eigenvalue weighted by Gasteiger charge is -2.06.